The molecule has 0 atom stereocenters. The molecule has 0 saturated heterocycles. The highest BCUT2D eigenvalue weighted by atomic mass is 16.3. The summed E-state index contributed by atoms with van der Waals surface area (Å²) in [4.78, 5) is 19.5. The second-order valence-electron chi connectivity index (χ2n) is 6.50. The number of benzene rings is 2. The minimum absolute atomic E-state index is 0.0491. The number of fused-ring (bicyclic) bond motifs is 1. The molecule has 0 aliphatic rings. The highest BCUT2D eigenvalue weighted by Crippen LogP contribution is 2.28. The van der Waals surface area contributed by atoms with Crippen molar-refractivity contribution in [3.63, 3.8) is 0 Å². The molecule has 1 aromatic heterocycles. The third-order valence-corrected chi connectivity index (χ3v) is 4.64. The SMILES string of the molecule is CCN(CCO)C(=O)c1cc(-c2ccc(C)cc2C)nc2ccccc12. The predicted molar refractivity (Wildman–Crippen MR) is 105 cm³/mol. The Morgan fingerprint density at radius 1 is 1.12 bits per heavy atom. The number of aliphatic hydroxyl groups is 1. The van der Waals surface area contributed by atoms with Gasteiger partial charge in [0.1, 0.15) is 0 Å². The van der Waals surface area contributed by atoms with Gasteiger partial charge in [0.2, 0.25) is 0 Å². The Morgan fingerprint density at radius 2 is 1.88 bits per heavy atom. The van der Waals surface area contributed by atoms with E-state index in [4.69, 9.17) is 4.98 Å². The molecule has 4 heteroatoms. The van der Waals surface area contributed by atoms with E-state index >= 15 is 0 Å². The van der Waals surface area contributed by atoms with Crippen LogP contribution < -0.4 is 0 Å². The number of carbonyl (C=O) groups excluding carboxylic acids is 1. The Bertz CT molecular complexity index is 950. The number of carbonyl (C=O) groups is 1. The van der Waals surface area contributed by atoms with Crippen molar-refractivity contribution in [1.29, 1.82) is 0 Å². The van der Waals surface area contributed by atoms with Gasteiger partial charge in [-0.25, -0.2) is 4.98 Å². The number of amides is 1. The van der Waals surface area contributed by atoms with Crippen molar-refractivity contribution in [1.82, 2.24) is 9.88 Å². The molecule has 0 fully saturated rings. The van der Waals surface area contributed by atoms with Crippen LogP contribution in [0.3, 0.4) is 0 Å². The summed E-state index contributed by atoms with van der Waals surface area (Å²) >= 11 is 0. The zero-order valence-corrected chi connectivity index (χ0v) is 15.5. The third kappa shape index (κ3) is 3.46. The topological polar surface area (TPSA) is 53.4 Å². The second kappa shape index (κ2) is 7.67. The molecule has 0 bridgehead atoms. The molecule has 2 aromatic carbocycles. The minimum Gasteiger partial charge on any atom is -0.395 e. The smallest absolute Gasteiger partial charge is 0.254 e. The molecule has 3 aromatic rings. The Balaban J connectivity index is 2.20. The minimum atomic E-state index is -0.0776. The summed E-state index contributed by atoms with van der Waals surface area (Å²) < 4.78 is 0. The Hall–Kier alpha value is -2.72. The Kier molecular flexibility index (Phi) is 5.33. The van der Waals surface area contributed by atoms with Gasteiger partial charge in [-0.1, -0.05) is 42.0 Å². The molecule has 1 N–H and O–H groups in total. The molecule has 26 heavy (non-hydrogen) atoms. The monoisotopic (exact) mass is 348 g/mol. The summed E-state index contributed by atoms with van der Waals surface area (Å²) in [5.74, 6) is -0.0776. The number of likely N-dealkylation sites (N-methyl/N-ethyl adjacent to an activating group) is 1. The average molecular weight is 348 g/mol. The zero-order valence-electron chi connectivity index (χ0n) is 15.5. The number of para-hydroxylation sites is 1. The maximum absolute atomic E-state index is 13.1. The standard InChI is InChI=1S/C22H24N2O2/c1-4-24(11-12-25)22(26)19-14-21(17-10-9-15(2)13-16(17)3)23-20-8-6-5-7-18(19)20/h5-10,13-14,25H,4,11-12H2,1-3H3. The summed E-state index contributed by atoms with van der Waals surface area (Å²) in [7, 11) is 0. The van der Waals surface area contributed by atoms with Crippen LogP contribution in [0.2, 0.25) is 0 Å². The summed E-state index contributed by atoms with van der Waals surface area (Å²) in [6.45, 7) is 6.87. The van der Waals surface area contributed by atoms with Crippen LogP contribution in [0.25, 0.3) is 22.2 Å². The molecule has 0 aliphatic heterocycles. The molecule has 0 unspecified atom stereocenters. The number of rotatable bonds is 5. The lowest BCUT2D eigenvalue weighted by molar-refractivity contribution is 0.0734. The van der Waals surface area contributed by atoms with E-state index in [9.17, 15) is 9.90 Å². The number of hydrogen-bond acceptors (Lipinski definition) is 3. The van der Waals surface area contributed by atoms with Gasteiger partial charge in [0, 0.05) is 24.0 Å². The molecule has 0 aliphatic carbocycles. The first kappa shape index (κ1) is 18.1. The van der Waals surface area contributed by atoms with Crippen molar-refractivity contribution >= 4 is 16.8 Å². The lowest BCUT2D eigenvalue weighted by Gasteiger charge is -2.21. The summed E-state index contributed by atoms with van der Waals surface area (Å²) in [6.07, 6.45) is 0. The summed E-state index contributed by atoms with van der Waals surface area (Å²) in [6, 6.07) is 15.8. The van der Waals surface area contributed by atoms with Crippen molar-refractivity contribution in [2.75, 3.05) is 19.7 Å². The fourth-order valence-corrected chi connectivity index (χ4v) is 3.29. The summed E-state index contributed by atoms with van der Waals surface area (Å²) in [5, 5.41) is 10.1. The number of hydrogen-bond donors (Lipinski definition) is 1. The number of aryl methyl sites for hydroxylation is 2. The zero-order chi connectivity index (χ0) is 18.7. The fraction of sp³-hybridized carbons (Fsp3) is 0.273. The van der Waals surface area contributed by atoms with Crippen molar-refractivity contribution in [3.8, 4) is 11.3 Å². The van der Waals surface area contributed by atoms with Crippen molar-refractivity contribution in [3.05, 3.63) is 65.2 Å². The van der Waals surface area contributed by atoms with Gasteiger partial charge in [-0.05, 0) is 38.5 Å². The van der Waals surface area contributed by atoms with Crippen LogP contribution >= 0.6 is 0 Å². The van der Waals surface area contributed by atoms with Crippen molar-refractivity contribution in [2.24, 2.45) is 0 Å². The average Bonchev–Trinajstić information content (AvgIpc) is 2.64. The van der Waals surface area contributed by atoms with Crippen molar-refractivity contribution in [2.45, 2.75) is 20.8 Å². The van der Waals surface area contributed by atoms with Crippen LogP contribution in [-0.2, 0) is 0 Å². The quantitative estimate of drug-likeness (QED) is 0.759. The Morgan fingerprint density at radius 3 is 2.58 bits per heavy atom. The highest BCUT2D eigenvalue weighted by Gasteiger charge is 2.19. The first-order valence-electron chi connectivity index (χ1n) is 8.92. The van der Waals surface area contributed by atoms with E-state index < -0.39 is 0 Å². The lowest BCUT2D eigenvalue weighted by atomic mass is 9.99. The molecule has 134 valence electrons. The van der Waals surface area contributed by atoms with Crippen LogP contribution in [0.15, 0.2) is 48.5 Å². The molecule has 0 spiro atoms. The van der Waals surface area contributed by atoms with Gasteiger partial charge in [0.15, 0.2) is 0 Å². The van der Waals surface area contributed by atoms with Gasteiger partial charge in [-0.3, -0.25) is 4.79 Å². The molecule has 1 amide bonds. The van der Waals surface area contributed by atoms with E-state index in [0.717, 1.165) is 27.7 Å². The maximum atomic E-state index is 13.1. The van der Waals surface area contributed by atoms with Gasteiger partial charge >= 0.3 is 0 Å². The fourth-order valence-electron chi connectivity index (χ4n) is 3.29. The number of pyridine rings is 1. The van der Waals surface area contributed by atoms with Gasteiger partial charge in [0.05, 0.1) is 23.4 Å². The molecule has 1 heterocycles. The van der Waals surface area contributed by atoms with Crippen LogP contribution in [0.4, 0.5) is 0 Å². The lowest BCUT2D eigenvalue weighted by Crippen LogP contribution is -2.33. The van der Waals surface area contributed by atoms with Crippen LogP contribution in [0, 0.1) is 13.8 Å². The summed E-state index contributed by atoms with van der Waals surface area (Å²) in [5.41, 5.74) is 5.58. The van der Waals surface area contributed by atoms with E-state index in [2.05, 4.69) is 32.0 Å². The van der Waals surface area contributed by atoms with Gasteiger partial charge in [0.25, 0.3) is 5.91 Å². The van der Waals surface area contributed by atoms with Crippen LogP contribution in [-0.4, -0.2) is 40.6 Å². The van der Waals surface area contributed by atoms with Gasteiger partial charge in [-0.15, -0.1) is 0 Å². The predicted octanol–water partition coefficient (Wildman–Crippen LogP) is 3.97. The van der Waals surface area contributed by atoms with Crippen molar-refractivity contribution < 1.29 is 9.90 Å². The molecule has 4 nitrogen and oxygen atoms in total. The molecule has 0 radical (unpaired) electrons. The van der Waals surface area contributed by atoms with E-state index in [1.54, 1.807) is 4.90 Å². The van der Waals surface area contributed by atoms with E-state index in [1.807, 2.05) is 37.3 Å². The first-order chi connectivity index (χ1) is 12.5. The van der Waals surface area contributed by atoms with E-state index in [0.29, 0.717) is 18.7 Å². The molecular weight excluding hydrogens is 324 g/mol. The second-order valence-corrected chi connectivity index (χ2v) is 6.50. The molecule has 0 saturated carbocycles. The third-order valence-electron chi connectivity index (χ3n) is 4.64. The molecule has 3 rings (SSSR count). The van der Waals surface area contributed by atoms with Gasteiger partial charge in [-0.2, -0.15) is 0 Å². The number of aliphatic hydroxyl groups excluding tert-OH is 1. The normalized spacial score (nSPS) is 10.9. The Labute approximate surface area is 154 Å². The van der Waals surface area contributed by atoms with E-state index in [1.165, 1.54) is 5.56 Å². The maximum Gasteiger partial charge on any atom is 0.254 e. The number of nitrogens with zero attached hydrogens (tertiary/aromatic N) is 2. The van der Waals surface area contributed by atoms with E-state index in [-0.39, 0.29) is 12.5 Å². The van der Waals surface area contributed by atoms with Crippen LogP contribution in [0.1, 0.15) is 28.4 Å². The largest absolute Gasteiger partial charge is 0.395 e. The highest BCUT2D eigenvalue weighted by molar-refractivity contribution is 6.07. The first-order valence-corrected chi connectivity index (χ1v) is 8.92. The van der Waals surface area contributed by atoms with Crippen LogP contribution in [0.5, 0.6) is 0 Å². The number of aromatic nitrogens is 1. The van der Waals surface area contributed by atoms with Gasteiger partial charge < -0.3 is 10.0 Å². The molecular formula is C22H24N2O2.